The predicted octanol–water partition coefficient (Wildman–Crippen LogP) is 8.97. The highest BCUT2D eigenvalue weighted by Crippen LogP contribution is 2.60. The van der Waals surface area contributed by atoms with Crippen molar-refractivity contribution < 1.29 is 22.7 Å². The van der Waals surface area contributed by atoms with Gasteiger partial charge in [0.1, 0.15) is 0 Å². The Bertz CT molecular complexity index is 1140. The first-order valence-electron chi connectivity index (χ1n) is 13.1. The van der Waals surface area contributed by atoms with E-state index in [1.807, 2.05) is 0 Å². The zero-order valence-electron chi connectivity index (χ0n) is 22.8. The Morgan fingerprint density at radius 3 is 2.19 bits per heavy atom. The summed E-state index contributed by atoms with van der Waals surface area (Å²) in [7, 11) is -2.06. The summed E-state index contributed by atoms with van der Waals surface area (Å²) < 4.78 is 47.2. The molecule has 2 atom stereocenters. The van der Waals surface area contributed by atoms with E-state index in [0.29, 0.717) is 11.5 Å². The Morgan fingerprint density at radius 1 is 1.08 bits per heavy atom. The van der Waals surface area contributed by atoms with Crippen molar-refractivity contribution in [2.75, 3.05) is 0 Å². The summed E-state index contributed by atoms with van der Waals surface area (Å²) in [5, 5.41) is 11.1. The molecule has 0 radical (unpaired) electrons. The van der Waals surface area contributed by atoms with Gasteiger partial charge in [0, 0.05) is 20.5 Å². The highest BCUT2D eigenvalue weighted by Gasteiger charge is 2.53. The van der Waals surface area contributed by atoms with Gasteiger partial charge in [-0.1, -0.05) is 46.8 Å². The topological polar surface area (TPSA) is 42.4 Å². The number of benzene rings is 1. The van der Waals surface area contributed by atoms with Gasteiger partial charge in [-0.25, -0.2) is 0 Å². The second-order valence-electron chi connectivity index (χ2n) is 13.0. The van der Waals surface area contributed by atoms with Gasteiger partial charge >= 0.3 is 6.18 Å². The second-order valence-corrected chi connectivity index (χ2v) is 18.9. The van der Waals surface area contributed by atoms with Gasteiger partial charge < -0.3 is 9.53 Å². The first-order chi connectivity index (χ1) is 16.9. The largest absolute Gasteiger partial charge is 0.416 e. The smallest absolute Gasteiger partial charge is 0.410 e. The molecule has 0 aliphatic heterocycles. The molecule has 1 N–H and O–H groups in total. The Balaban J connectivity index is 1.60. The Hall–Kier alpha value is -0.973. The number of aliphatic hydroxyl groups excluding tert-OH is 1. The summed E-state index contributed by atoms with van der Waals surface area (Å²) >= 11 is 2.44. The van der Waals surface area contributed by atoms with Crippen LogP contribution in [0.1, 0.15) is 100 Å². The highest BCUT2D eigenvalue weighted by atomic mass is 127. The quantitative estimate of drug-likeness (QED) is 0.261. The predicted molar refractivity (Wildman–Crippen MR) is 152 cm³/mol. The SMILES string of the molecule is CC(C)c1cc(I)c2c(n1)CC1(CC([C@@H](O)c3ccc(C(F)(F)F)cc3)C1)C[C@@H]2O[Si](C)(C)C(C)(C)C. The lowest BCUT2D eigenvalue weighted by molar-refractivity contribution is -0.137. The third-order valence-electron chi connectivity index (χ3n) is 8.84. The maximum absolute atomic E-state index is 13.0. The molecule has 1 saturated carbocycles. The van der Waals surface area contributed by atoms with Gasteiger partial charge in [0.25, 0.3) is 0 Å². The van der Waals surface area contributed by atoms with Crippen molar-refractivity contribution >= 4 is 30.9 Å². The summed E-state index contributed by atoms with van der Waals surface area (Å²) in [6.45, 7) is 15.7. The summed E-state index contributed by atoms with van der Waals surface area (Å²) in [5.41, 5.74) is 3.29. The summed E-state index contributed by atoms with van der Waals surface area (Å²) in [6, 6.07) is 7.15. The molecule has 0 amide bonds. The molecular formula is C29H39F3INO2Si. The molecule has 4 rings (SSSR count). The first-order valence-corrected chi connectivity index (χ1v) is 17.1. The summed E-state index contributed by atoms with van der Waals surface area (Å²) in [4.78, 5) is 5.12. The first kappa shape index (κ1) is 29.0. The minimum Gasteiger partial charge on any atom is -0.410 e. The van der Waals surface area contributed by atoms with E-state index < -0.39 is 26.2 Å². The number of halogens is 4. The molecule has 204 valence electrons. The van der Waals surface area contributed by atoms with Gasteiger partial charge in [-0.15, -0.1) is 0 Å². The highest BCUT2D eigenvalue weighted by molar-refractivity contribution is 14.1. The van der Waals surface area contributed by atoms with Crippen LogP contribution in [0.3, 0.4) is 0 Å². The fourth-order valence-corrected chi connectivity index (χ4v) is 7.89. The van der Waals surface area contributed by atoms with Crippen molar-refractivity contribution in [3.63, 3.8) is 0 Å². The third-order valence-corrected chi connectivity index (χ3v) is 14.2. The normalized spacial score (nSPS) is 25.2. The van der Waals surface area contributed by atoms with Crippen molar-refractivity contribution in [1.29, 1.82) is 0 Å². The van der Waals surface area contributed by atoms with Crippen LogP contribution in [0.2, 0.25) is 18.1 Å². The summed E-state index contributed by atoms with van der Waals surface area (Å²) in [6.07, 6.45) is -1.81. The number of hydrogen-bond donors (Lipinski definition) is 1. The van der Waals surface area contributed by atoms with E-state index in [4.69, 9.17) is 9.41 Å². The fraction of sp³-hybridized carbons (Fsp3) is 0.621. The average Bonchev–Trinajstić information content (AvgIpc) is 2.74. The minimum atomic E-state index is -4.38. The van der Waals surface area contributed by atoms with Crippen LogP contribution in [0.25, 0.3) is 0 Å². The zero-order chi connectivity index (χ0) is 27.6. The Morgan fingerprint density at radius 2 is 1.68 bits per heavy atom. The van der Waals surface area contributed by atoms with Gasteiger partial charge in [-0.3, -0.25) is 4.98 Å². The van der Waals surface area contributed by atoms with Crippen LogP contribution in [0.4, 0.5) is 13.2 Å². The van der Waals surface area contributed by atoms with E-state index in [9.17, 15) is 18.3 Å². The lowest BCUT2D eigenvalue weighted by Crippen LogP contribution is -2.49. The molecule has 0 bridgehead atoms. The second kappa shape index (κ2) is 9.89. The lowest BCUT2D eigenvalue weighted by atomic mass is 9.53. The van der Waals surface area contributed by atoms with Crippen molar-refractivity contribution in [2.45, 2.75) is 103 Å². The van der Waals surface area contributed by atoms with E-state index in [1.54, 1.807) is 0 Å². The van der Waals surface area contributed by atoms with Crippen molar-refractivity contribution in [3.05, 3.63) is 62.0 Å². The molecule has 1 aromatic carbocycles. The number of aromatic nitrogens is 1. The van der Waals surface area contributed by atoms with Gasteiger partial charge in [-0.2, -0.15) is 13.2 Å². The van der Waals surface area contributed by atoms with Crippen LogP contribution < -0.4 is 0 Å². The van der Waals surface area contributed by atoms with Crippen molar-refractivity contribution in [2.24, 2.45) is 11.3 Å². The van der Waals surface area contributed by atoms with Gasteiger partial charge in [0.05, 0.1) is 17.8 Å². The van der Waals surface area contributed by atoms with Crippen LogP contribution in [0, 0.1) is 14.9 Å². The molecule has 1 fully saturated rings. The molecule has 0 unspecified atom stereocenters. The molecule has 37 heavy (non-hydrogen) atoms. The fourth-order valence-electron chi connectivity index (χ4n) is 5.65. The summed E-state index contributed by atoms with van der Waals surface area (Å²) in [5.74, 6) is 0.339. The third kappa shape index (κ3) is 5.82. The maximum Gasteiger partial charge on any atom is 0.416 e. The van der Waals surface area contributed by atoms with E-state index in [2.05, 4.69) is 76.4 Å². The average molecular weight is 646 g/mol. The minimum absolute atomic E-state index is 0.0106. The number of nitrogens with zero attached hydrogens (tertiary/aromatic N) is 1. The standard InChI is InChI=1S/C29H39F3INO2Si/c1-17(2)22-12-21(33)25-23(34-22)15-28(16-24(25)36-37(6,7)27(3,4)5)13-19(14-28)26(35)18-8-10-20(11-9-18)29(30,31)32/h8-12,17,19,24,26,35H,13-16H2,1-7H3/t19?,24-,26-,28?/m0/s1. The van der Waals surface area contributed by atoms with Crippen LogP contribution in [0.5, 0.6) is 0 Å². The van der Waals surface area contributed by atoms with Crippen LogP contribution >= 0.6 is 22.6 Å². The molecule has 2 aromatic rings. The molecule has 2 aliphatic rings. The van der Waals surface area contributed by atoms with Crippen LogP contribution in [-0.2, 0) is 17.0 Å². The van der Waals surface area contributed by atoms with E-state index in [0.717, 1.165) is 49.2 Å². The molecule has 1 spiro atoms. The van der Waals surface area contributed by atoms with E-state index in [-0.39, 0.29) is 22.5 Å². The van der Waals surface area contributed by atoms with Gasteiger partial charge in [0.2, 0.25) is 0 Å². The number of aliphatic hydroxyl groups is 1. The number of rotatable bonds is 5. The number of pyridine rings is 1. The number of fused-ring (bicyclic) bond motifs is 1. The zero-order valence-corrected chi connectivity index (χ0v) is 26.0. The van der Waals surface area contributed by atoms with Crippen molar-refractivity contribution in [3.8, 4) is 0 Å². The molecule has 8 heteroatoms. The molecule has 0 saturated heterocycles. The molecular weight excluding hydrogens is 606 g/mol. The van der Waals surface area contributed by atoms with Crippen molar-refractivity contribution in [1.82, 2.24) is 4.98 Å². The number of hydrogen-bond acceptors (Lipinski definition) is 3. The van der Waals surface area contributed by atoms with Gasteiger partial charge in [-0.05, 0) is 107 Å². The van der Waals surface area contributed by atoms with Crippen LogP contribution in [-0.4, -0.2) is 18.4 Å². The molecule has 1 aromatic heterocycles. The maximum atomic E-state index is 13.0. The monoisotopic (exact) mass is 645 g/mol. The van der Waals surface area contributed by atoms with Crippen LogP contribution in [0.15, 0.2) is 30.3 Å². The van der Waals surface area contributed by atoms with Gasteiger partial charge in [0.15, 0.2) is 8.32 Å². The van der Waals surface area contributed by atoms with E-state index in [1.165, 1.54) is 21.3 Å². The molecule has 2 aliphatic carbocycles. The molecule has 3 nitrogen and oxygen atoms in total. The Kier molecular flexibility index (Phi) is 7.76. The molecule has 1 heterocycles. The Labute approximate surface area is 233 Å². The number of alkyl halides is 3. The lowest BCUT2D eigenvalue weighted by Gasteiger charge is -2.54. The van der Waals surface area contributed by atoms with E-state index >= 15 is 0 Å².